The van der Waals surface area contributed by atoms with Gasteiger partial charge in [0.05, 0.1) is 12.2 Å². The minimum Gasteiger partial charge on any atom is -0.389 e. The van der Waals surface area contributed by atoms with Crippen molar-refractivity contribution < 1.29 is 10.2 Å². The molecule has 0 spiro atoms. The molecule has 2 rings (SSSR count). The predicted molar refractivity (Wildman–Crippen MR) is 56.0 cm³/mol. The molecule has 0 radical (unpaired) electrons. The molecular formula is C9H12ClN3O2. The maximum Gasteiger partial charge on any atom is 0.134 e. The maximum absolute atomic E-state index is 9.40. The molecule has 0 amide bonds. The van der Waals surface area contributed by atoms with Gasteiger partial charge >= 0.3 is 0 Å². The number of hydrogen-bond acceptors (Lipinski definition) is 5. The van der Waals surface area contributed by atoms with E-state index in [1.54, 1.807) is 17.9 Å². The number of anilines is 1. The monoisotopic (exact) mass is 229 g/mol. The molecule has 0 aliphatic carbocycles. The van der Waals surface area contributed by atoms with Gasteiger partial charge in [0, 0.05) is 19.2 Å². The standard InChI is InChI=1S/C9H12ClN3O2/c1-5-11-8(10)2-9(12-5)13-3-6(14)7(15)4-13/h2,6-7,14-15H,3-4H2,1H3. The topological polar surface area (TPSA) is 69.5 Å². The first-order valence-electron chi connectivity index (χ1n) is 4.68. The van der Waals surface area contributed by atoms with Gasteiger partial charge in [-0.2, -0.15) is 0 Å². The van der Waals surface area contributed by atoms with Gasteiger partial charge in [-0.1, -0.05) is 11.6 Å². The second kappa shape index (κ2) is 3.92. The van der Waals surface area contributed by atoms with E-state index in [0.29, 0.717) is 29.9 Å². The van der Waals surface area contributed by atoms with E-state index in [4.69, 9.17) is 11.6 Å². The molecule has 2 N–H and O–H groups in total. The van der Waals surface area contributed by atoms with Gasteiger partial charge in [-0.15, -0.1) is 0 Å². The first-order valence-corrected chi connectivity index (χ1v) is 5.06. The van der Waals surface area contributed by atoms with Crippen molar-refractivity contribution >= 4 is 17.4 Å². The minimum absolute atomic E-state index is 0.369. The third-order valence-electron chi connectivity index (χ3n) is 2.38. The van der Waals surface area contributed by atoms with Crippen molar-refractivity contribution in [2.75, 3.05) is 18.0 Å². The van der Waals surface area contributed by atoms with Crippen LogP contribution in [0.1, 0.15) is 5.82 Å². The number of aryl methyl sites for hydroxylation is 1. The van der Waals surface area contributed by atoms with Crippen LogP contribution >= 0.6 is 11.6 Å². The van der Waals surface area contributed by atoms with E-state index >= 15 is 0 Å². The molecule has 0 bridgehead atoms. The van der Waals surface area contributed by atoms with Crippen LogP contribution in [0.25, 0.3) is 0 Å². The van der Waals surface area contributed by atoms with Crippen LogP contribution in [0.5, 0.6) is 0 Å². The van der Waals surface area contributed by atoms with Crippen molar-refractivity contribution in [2.24, 2.45) is 0 Å². The molecule has 1 aromatic rings. The van der Waals surface area contributed by atoms with E-state index in [1.165, 1.54) is 0 Å². The Kier molecular flexibility index (Phi) is 2.77. The molecule has 6 heteroatoms. The summed E-state index contributed by atoms with van der Waals surface area (Å²) < 4.78 is 0. The molecule has 1 aliphatic heterocycles. The van der Waals surface area contributed by atoms with Crippen molar-refractivity contribution in [3.05, 3.63) is 17.0 Å². The van der Waals surface area contributed by atoms with E-state index in [0.717, 1.165) is 0 Å². The smallest absolute Gasteiger partial charge is 0.134 e. The summed E-state index contributed by atoms with van der Waals surface area (Å²) in [5.74, 6) is 1.22. The molecule has 82 valence electrons. The van der Waals surface area contributed by atoms with Gasteiger partial charge in [-0.3, -0.25) is 0 Å². The molecule has 5 nitrogen and oxygen atoms in total. The van der Waals surface area contributed by atoms with E-state index in [2.05, 4.69) is 9.97 Å². The molecule has 1 saturated heterocycles. The molecule has 2 unspecified atom stereocenters. The Bertz CT molecular complexity index is 344. The zero-order valence-electron chi connectivity index (χ0n) is 8.26. The Labute approximate surface area is 92.3 Å². The van der Waals surface area contributed by atoms with Gasteiger partial charge in [0.15, 0.2) is 0 Å². The first kappa shape index (κ1) is 10.6. The van der Waals surface area contributed by atoms with Gasteiger partial charge in [0.1, 0.15) is 16.8 Å². The maximum atomic E-state index is 9.40. The first-order chi connectivity index (χ1) is 7.06. The van der Waals surface area contributed by atoms with Gasteiger partial charge in [-0.25, -0.2) is 9.97 Å². The molecule has 0 aromatic carbocycles. The van der Waals surface area contributed by atoms with Gasteiger partial charge in [0.2, 0.25) is 0 Å². The number of aromatic nitrogens is 2. The molecule has 1 aromatic heterocycles. The van der Waals surface area contributed by atoms with Crippen LogP contribution in [0.2, 0.25) is 5.15 Å². The van der Waals surface area contributed by atoms with Gasteiger partial charge < -0.3 is 15.1 Å². The van der Waals surface area contributed by atoms with Gasteiger partial charge in [-0.05, 0) is 6.92 Å². The number of aliphatic hydroxyl groups is 2. The lowest BCUT2D eigenvalue weighted by atomic mass is 10.3. The number of β-amino-alcohol motifs (C(OH)–C–C–N with tert-alkyl or cyclic N) is 2. The largest absolute Gasteiger partial charge is 0.389 e. The summed E-state index contributed by atoms with van der Waals surface area (Å²) in [6.07, 6.45) is -1.45. The lowest BCUT2D eigenvalue weighted by molar-refractivity contribution is 0.0572. The SMILES string of the molecule is Cc1nc(Cl)cc(N2CC(O)C(O)C2)n1. The Morgan fingerprint density at radius 3 is 2.47 bits per heavy atom. The number of halogens is 1. The van der Waals surface area contributed by atoms with Crippen LogP contribution in [0.4, 0.5) is 5.82 Å². The number of nitrogens with zero attached hydrogens (tertiary/aromatic N) is 3. The van der Waals surface area contributed by atoms with Crippen molar-refractivity contribution in [2.45, 2.75) is 19.1 Å². The van der Waals surface area contributed by atoms with E-state index in [9.17, 15) is 10.2 Å². The highest BCUT2D eigenvalue weighted by Crippen LogP contribution is 2.20. The predicted octanol–water partition coefficient (Wildman–Crippen LogP) is -0.0198. The summed E-state index contributed by atoms with van der Waals surface area (Å²) in [4.78, 5) is 9.93. The fraction of sp³-hybridized carbons (Fsp3) is 0.556. The lowest BCUT2D eigenvalue weighted by Gasteiger charge is -2.16. The van der Waals surface area contributed by atoms with Gasteiger partial charge in [0.25, 0.3) is 0 Å². The zero-order chi connectivity index (χ0) is 11.0. The lowest BCUT2D eigenvalue weighted by Crippen LogP contribution is -2.22. The highest BCUT2D eigenvalue weighted by Gasteiger charge is 2.30. The van der Waals surface area contributed by atoms with E-state index < -0.39 is 12.2 Å². The molecule has 15 heavy (non-hydrogen) atoms. The van der Waals surface area contributed by atoms with Crippen LogP contribution in [-0.4, -0.2) is 45.5 Å². The fourth-order valence-corrected chi connectivity index (χ4v) is 1.85. The average molecular weight is 230 g/mol. The second-order valence-electron chi connectivity index (χ2n) is 3.64. The van der Waals surface area contributed by atoms with E-state index in [-0.39, 0.29) is 0 Å². The second-order valence-corrected chi connectivity index (χ2v) is 4.02. The quantitative estimate of drug-likeness (QED) is 0.663. The summed E-state index contributed by atoms with van der Waals surface area (Å²) in [7, 11) is 0. The molecule has 1 aliphatic rings. The van der Waals surface area contributed by atoms with E-state index in [1.807, 2.05) is 0 Å². The van der Waals surface area contributed by atoms with Crippen LogP contribution in [0.15, 0.2) is 6.07 Å². The summed E-state index contributed by atoms with van der Waals surface area (Å²) in [6, 6.07) is 1.62. The minimum atomic E-state index is -0.723. The molecule has 0 saturated carbocycles. The summed E-state index contributed by atoms with van der Waals surface area (Å²) >= 11 is 5.80. The van der Waals surface area contributed by atoms with Crippen molar-refractivity contribution in [3.8, 4) is 0 Å². The molecule has 1 fully saturated rings. The average Bonchev–Trinajstić information content (AvgIpc) is 2.45. The van der Waals surface area contributed by atoms with Crippen LogP contribution in [0.3, 0.4) is 0 Å². The third-order valence-corrected chi connectivity index (χ3v) is 2.57. The van der Waals surface area contributed by atoms with Crippen molar-refractivity contribution in [1.29, 1.82) is 0 Å². The summed E-state index contributed by atoms with van der Waals surface area (Å²) in [6.45, 7) is 2.49. The molecular weight excluding hydrogens is 218 g/mol. The number of aliphatic hydroxyl groups excluding tert-OH is 2. The van der Waals surface area contributed by atoms with Crippen LogP contribution in [-0.2, 0) is 0 Å². The highest BCUT2D eigenvalue weighted by molar-refractivity contribution is 6.29. The fourth-order valence-electron chi connectivity index (χ4n) is 1.63. The Hall–Kier alpha value is -0.910. The Morgan fingerprint density at radius 2 is 1.93 bits per heavy atom. The Balaban J connectivity index is 2.23. The molecule has 2 atom stereocenters. The summed E-state index contributed by atoms with van der Waals surface area (Å²) in [5, 5.41) is 19.2. The van der Waals surface area contributed by atoms with Crippen molar-refractivity contribution in [3.63, 3.8) is 0 Å². The summed E-state index contributed by atoms with van der Waals surface area (Å²) in [5.41, 5.74) is 0. The zero-order valence-corrected chi connectivity index (χ0v) is 9.02. The Morgan fingerprint density at radius 1 is 1.33 bits per heavy atom. The highest BCUT2D eigenvalue weighted by atomic mass is 35.5. The number of hydrogen-bond donors (Lipinski definition) is 2. The molecule has 2 heterocycles. The normalized spacial score (nSPS) is 26.0. The van der Waals surface area contributed by atoms with Crippen LogP contribution < -0.4 is 4.90 Å². The number of rotatable bonds is 1. The third kappa shape index (κ3) is 2.19. The van der Waals surface area contributed by atoms with Crippen LogP contribution in [0, 0.1) is 6.92 Å². The van der Waals surface area contributed by atoms with Crippen molar-refractivity contribution in [1.82, 2.24) is 9.97 Å².